The molecule has 2 saturated heterocycles. The molecule has 39 heavy (non-hydrogen) atoms. The third-order valence-electron chi connectivity index (χ3n) is 8.28. The van der Waals surface area contributed by atoms with E-state index < -0.39 is 6.23 Å². The number of nitrogens with one attached hydrogen (secondary N) is 2. The summed E-state index contributed by atoms with van der Waals surface area (Å²) in [6.07, 6.45) is 7.36. The summed E-state index contributed by atoms with van der Waals surface area (Å²) >= 11 is 0. The van der Waals surface area contributed by atoms with Crippen LogP contribution < -0.4 is 10.6 Å². The second kappa shape index (κ2) is 11.0. The van der Waals surface area contributed by atoms with Gasteiger partial charge < -0.3 is 25.4 Å². The molecule has 2 fully saturated rings. The summed E-state index contributed by atoms with van der Waals surface area (Å²) in [6, 6.07) is 11.9. The highest BCUT2D eigenvalue weighted by Crippen LogP contribution is 2.38. The highest BCUT2D eigenvalue weighted by molar-refractivity contribution is 5.79. The molecule has 5 heterocycles. The zero-order chi connectivity index (χ0) is 26.8. The van der Waals surface area contributed by atoms with Crippen molar-refractivity contribution >= 4 is 28.9 Å². The molecule has 0 bridgehead atoms. The fourth-order valence-electron chi connectivity index (χ4n) is 6.18. The van der Waals surface area contributed by atoms with Crippen molar-refractivity contribution in [2.45, 2.75) is 38.8 Å². The average Bonchev–Trinajstić information content (AvgIpc) is 3.59. The molecule has 1 amide bonds. The fraction of sp³-hybridized carbons (Fsp3) is 0.483. The van der Waals surface area contributed by atoms with E-state index in [-0.39, 0.29) is 6.09 Å². The van der Waals surface area contributed by atoms with Crippen LogP contribution in [0.1, 0.15) is 50.0 Å². The SMILES string of the molecule is CCOC(=O)N1CC=C(c2cccn3nc(Nc4ccc(C(O)N5CCCC6(CCNC6)C5)cc4)nc23)CC1. The molecule has 6 rings (SSSR count). The Balaban J connectivity index is 1.13. The van der Waals surface area contributed by atoms with Gasteiger partial charge in [0.2, 0.25) is 5.95 Å². The van der Waals surface area contributed by atoms with Crippen LogP contribution in [0.15, 0.2) is 48.7 Å². The molecule has 2 unspecified atom stereocenters. The summed E-state index contributed by atoms with van der Waals surface area (Å²) in [6.45, 7) is 7.31. The number of pyridine rings is 1. The summed E-state index contributed by atoms with van der Waals surface area (Å²) < 4.78 is 6.90. The lowest BCUT2D eigenvalue weighted by Gasteiger charge is -2.42. The number of piperidine rings is 1. The van der Waals surface area contributed by atoms with Gasteiger partial charge in [-0.15, -0.1) is 5.10 Å². The summed E-state index contributed by atoms with van der Waals surface area (Å²) in [5.41, 5.74) is 4.99. The molecule has 3 aliphatic rings. The average molecular weight is 532 g/mol. The quantitative estimate of drug-likeness (QED) is 0.441. The normalized spacial score (nSPS) is 22.7. The van der Waals surface area contributed by atoms with Gasteiger partial charge in [0.25, 0.3) is 0 Å². The van der Waals surface area contributed by atoms with E-state index in [1.165, 1.54) is 12.8 Å². The number of anilines is 2. The van der Waals surface area contributed by atoms with Gasteiger partial charge in [-0.05, 0) is 80.0 Å². The molecule has 0 aliphatic carbocycles. The highest BCUT2D eigenvalue weighted by atomic mass is 16.6. The Morgan fingerprint density at radius 1 is 1.23 bits per heavy atom. The molecule has 1 aromatic carbocycles. The van der Waals surface area contributed by atoms with Crippen LogP contribution in [0, 0.1) is 5.41 Å². The molecular weight excluding hydrogens is 494 g/mol. The first-order valence-corrected chi connectivity index (χ1v) is 14.0. The molecule has 2 aromatic heterocycles. The Hall–Kier alpha value is -3.47. The Morgan fingerprint density at radius 2 is 2.10 bits per heavy atom. The van der Waals surface area contributed by atoms with Crippen LogP contribution in [0.3, 0.4) is 0 Å². The van der Waals surface area contributed by atoms with Gasteiger partial charge >= 0.3 is 6.09 Å². The van der Waals surface area contributed by atoms with Crippen LogP contribution in [-0.4, -0.2) is 81.5 Å². The Labute approximate surface area is 228 Å². The summed E-state index contributed by atoms with van der Waals surface area (Å²) in [4.78, 5) is 20.7. The van der Waals surface area contributed by atoms with Gasteiger partial charge in [-0.2, -0.15) is 4.98 Å². The maximum absolute atomic E-state index is 12.0. The lowest BCUT2D eigenvalue weighted by atomic mass is 9.79. The number of aliphatic hydroxyl groups is 1. The number of likely N-dealkylation sites (tertiary alicyclic amines) is 1. The molecule has 206 valence electrons. The number of aromatic nitrogens is 3. The van der Waals surface area contributed by atoms with Crippen molar-refractivity contribution in [2.75, 3.05) is 51.2 Å². The number of hydrogen-bond donors (Lipinski definition) is 3. The first-order valence-electron chi connectivity index (χ1n) is 14.0. The minimum absolute atomic E-state index is 0.274. The Bertz CT molecular complexity index is 1350. The van der Waals surface area contributed by atoms with E-state index in [2.05, 4.69) is 26.7 Å². The number of rotatable bonds is 6. The van der Waals surface area contributed by atoms with Gasteiger partial charge in [-0.3, -0.25) is 4.90 Å². The zero-order valence-electron chi connectivity index (χ0n) is 22.5. The van der Waals surface area contributed by atoms with E-state index in [4.69, 9.17) is 9.72 Å². The van der Waals surface area contributed by atoms with Crippen LogP contribution in [0.25, 0.3) is 11.2 Å². The van der Waals surface area contributed by atoms with E-state index in [1.54, 1.807) is 9.42 Å². The summed E-state index contributed by atoms with van der Waals surface area (Å²) in [5.74, 6) is 0.506. The summed E-state index contributed by atoms with van der Waals surface area (Å²) in [5, 5.41) is 22.5. The van der Waals surface area contributed by atoms with Crippen molar-refractivity contribution in [3.63, 3.8) is 0 Å². The number of carbonyl (C=O) groups is 1. The predicted octanol–water partition coefficient (Wildman–Crippen LogP) is 3.78. The highest BCUT2D eigenvalue weighted by Gasteiger charge is 2.39. The third kappa shape index (κ3) is 5.36. The molecule has 0 radical (unpaired) electrons. The molecule has 3 aromatic rings. The lowest BCUT2D eigenvalue weighted by Crippen LogP contribution is -2.45. The fourth-order valence-corrected chi connectivity index (χ4v) is 6.18. The molecule has 3 N–H and O–H groups in total. The third-order valence-corrected chi connectivity index (χ3v) is 8.28. The smallest absolute Gasteiger partial charge is 0.410 e. The second-order valence-corrected chi connectivity index (χ2v) is 10.9. The molecule has 10 nitrogen and oxygen atoms in total. The molecule has 10 heteroatoms. The number of carbonyl (C=O) groups excluding carboxylic acids is 1. The minimum atomic E-state index is -0.601. The molecular formula is C29H37N7O3. The van der Waals surface area contributed by atoms with Crippen LogP contribution in [-0.2, 0) is 4.74 Å². The van der Waals surface area contributed by atoms with Crippen LogP contribution >= 0.6 is 0 Å². The monoisotopic (exact) mass is 531 g/mol. The van der Waals surface area contributed by atoms with E-state index in [0.29, 0.717) is 31.1 Å². The van der Waals surface area contributed by atoms with Crippen LogP contribution in [0.4, 0.5) is 16.4 Å². The molecule has 1 spiro atoms. The largest absolute Gasteiger partial charge is 0.450 e. The van der Waals surface area contributed by atoms with Gasteiger partial charge in [0, 0.05) is 50.2 Å². The standard InChI is InChI=1S/C29H37N7O3/c1-2-39-28(38)34-17-10-21(11-18-34)24-5-3-16-36-25(24)32-27(33-36)31-23-8-6-22(7-9-23)26(37)35-15-4-12-29(20-35)13-14-30-19-29/h3,5-10,16,26,30,37H,2,4,11-15,17-20H2,1H3,(H,31,33). The Morgan fingerprint density at radius 3 is 2.85 bits per heavy atom. The predicted molar refractivity (Wildman–Crippen MR) is 150 cm³/mol. The van der Waals surface area contributed by atoms with Gasteiger partial charge in [0.15, 0.2) is 5.65 Å². The van der Waals surface area contributed by atoms with E-state index in [1.807, 2.05) is 49.5 Å². The first kappa shape index (κ1) is 25.8. The lowest BCUT2D eigenvalue weighted by molar-refractivity contribution is -0.0445. The molecule has 0 saturated carbocycles. The number of nitrogens with zero attached hydrogens (tertiary/aromatic N) is 5. The minimum Gasteiger partial charge on any atom is -0.450 e. The number of aliphatic hydroxyl groups excluding tert-OH is 1. The van der Waals surface area contributed by atoms with Crippen molar-refractivity contribution in [3.05, 3.63) is 59.8 Å². The Kier molecular flexibility index (Phi) is 7.24. The van der Waals surface area contributed by atoms with E-state index in [0.717, 1.165) is 67.1 Å². The number of hydrogen-bond acceptors (Lipinski definition) is 8. The number of fused-ring (bicyclic) bond motifs is 1. The maximum atomic E-state index is 12.0. The number of ether oxygens (including phenoxy) is 1. The second-order valence-electron chi connectivity index (χ2n) is 10.9. The number of benzene rings is 1. The molecule has 3 aliphatic heterocycles. The van der Waals surface area contributed by atoms with Crippen molar-refractivity contribution in [2.24, 2.45) is 5.41 Å². The zero-order valence-corrected chi connectivity index (χ0v) is 22.5. The van der Waals surface area contributed by atoms with Crippen LogP contribution in [0.5, 0.6) is 0 Å². The van der Waals surface area contributed by atoms with Gasteiger partial charge in [-0.25, -0.2) is 9.31 Å². The van der Waals surface area contributed by atoms with E-state index >= 15 is 0 Å². The van der Waals surface area contributed by atoms with Crippen molar-refractivity contribution in [1.82, 2.24) is 29.7 Å². The van der Waals surface area contributed by atoms with Gasteiger partial charge in [-0.1, -0.05) is 18.2 Å². The summed E-state index contributed by atoms with van der Waals surface area (Å²) in [7, 11) is 0. The maximum Gasteiger partial charge on any atom is 0.410 e. The first-order chi connectivity index (χ1) is 19.0. The van der Waals surface area contributed by atoms with Crippen LogP contribution in [0.2, 0.25) is 0 Å². The van der Waals surface area contributed by atoms with Gasteiger partial charge in [0.05, 0.1) is 6.61 Å². The van der Waals surface area contributed by atoms with Gasteiger partial charge in [0.1, 0.15) is 6.23 Å². The van der Waals surface area contributed by atoms with Crippen molar-refractivity contribution < 1.29 is 14.6 Å². The topological polar surface area (TPSA) is 107 Å². The van der Waals surface area contributed by atoms with Crippen molar-refractivity contribution in [1.29, 1.82) is 0 Å². The van der Waals surface area contributed by atoms with Crippen molar-refractivity contribution in [3.8, 4) is 0 Å². The molecule has 2 atom stereocenters. The van der Waals surface area contributed by atoms with E-state index in [9.17, 15) is 9.90 Å². The number of amides is 1.